The molecule has 48 heavy (non-hydrogen) atoms. The summed E-state index contributed by atoms with van der Waals surface area (Å²) in [6.45, 7) is 0. The van der Waals surface area contributed by atoms with E-state index in [1.54, 1.807) is 0 Å². The molecular weight excluding hydrogens is 588 g/mol. The van der Waals surface area contributed by atoms with Crippen molar-refractivity contribution in [3.63, 3.8) is 0 Å². The van der Waals surface area contributed by atoms with Crippen molar-refractivity contribution in [2.24, 2.45) is 0 Å². The van der Waals surface area contributed by atoms with Crippen molar-refractivity contribution in [2.45, 2.75) is 0 Å². The van der Waals surface area contributed by atoms with Crippen LogP contribution in [0.2, 0.25) is 0 Å². The normalized spacial score (nSPS) is 11.8. The Labute approximate surface area is 276 Å². The molecule has 4 nitrogen and oxygen atoms in total. The zero-order valence-electron chi connectivity index (χ0n) is 25.9. The Morgan fingerprint density at radius 1 is 0.375 bits per heavy atom. The monoisotopic (exact) mass is 616 g/mol. The predicted octanol–water partition coefficient (Wildman–Crippen LogP) is 12.6. The smallest absolute Gasteiger partial charge is 0.181 e. The fourth-order valence-electron chi connectivity index (χ4n) is 7.19. The van der Waals surface area contributed by atoms with E-state index < -0.39 is 0 Å². The van der Waals surface area contributed by atoms with Gasteiger partial charge in [-0.05, 0) is 96.1 Å². The van der Waals surface area contributed by atoms with Gasteiger partial charge in [-0.15, -0.1) is 0 Å². The van der Waals surface area contributed by atoms with Crippen LogP contribution in [0.1, 0.15) is 0 Å². The number of furan rings is 2. The van der Waals surface area contributed by atoms with Crippen molar-refractivity contribution >= 4 is 72.0 Å². The molecule has 10 aromatic rings. The Morgan fingerprint density at radius 3 is 1.85 bits per heavy atom. The third-order valence-corrected chi connectivity index (χ3v) is 9.37. The molecule has 0 aliphatic heterocycles. The Morgan fingerprint density at radius 2 is 1.00 bits per heavy atom. The quantitative estimate of drug-likeness (QED) is 0.193. The summed E-state index contributed by atoms with van der Waals surface area (Å²) in [4.78, 5) is 2.34. The van der Waals surface area contributed by atoms with E-state index in [0.29, 0.717) is 0 Å². The van der Waals surface area contributed by atoms with E-state index in [9.17, 15) is 0 Å². The zero-order chi connectivity index (χ0) is 31.6. The summed E-state index contributed by atoms with van der Waals surface area (Å²) in [6.07, 6.45) is 0. The van der Waals surface area contributed by atoms with Crippen LogP contribution < -0.4 is 4.90 Å². The molecule has 10 rings (SSSR count). The molecule has 0 saturated carbocycles. The van der Waals surface area contributed by atoms with Crippen LogP contribution in [-0.4, -0.2) is 4.57 Å². The molecule has 0 spiro atoms. The fraction of sp³-hybridized carbons (Fsp3) is 0. The van der Waals surface area contributed by atoms with Crippen molar-refractivity contribution in [2.75, 3.05) is 4.90 Å². The van der Waals surface area contributed by atoms with Gasteiger partial charge in [-0.1, -0.05) is 84.9 Å². The van der Waals surface area contributed by atoms with Crippen LogP contribution in [0.15, 0.2) is 179 Å². The van der Waals surface area contributed by atoms with Gasteiger partial charge in [-0.3, -0.25) is 0 Å². The van der Waals surface area contributed by atoms with Gasteiger partial charge in [-0.2, -0.15) is 0 Å². The van der Waals surface area contributed by atoms with Crippen molar-refractivity contribution in [3.8, 4) is 16.8 Å². The summed E-state index contributed by atoms with van der Waals surface area (Å²) in [5.74, 6) is 0. The van der Waals surface area contributed by atoms with E-state index in [1.165, 1.54) is 21.8 Å². The molecule has 0 bridgehead atoms. The molecule has 0 N–H and O–H groups in total. The highest BCUT2D eigenvalue weighted by molar-refractivity contribution is 6.13. The van der Waals surface area contributed by atoms with Crippen LogP contribution in [0.4, 0.5) is 17.1 Å². The van der Waals surface area contributed by atoms with E-state index in [1.807, 2.05) is 24.3 Å². The minimum absolute atomic E-state index is 0.797. The average molecular weight is 617 g/mol. The molecule has 0 saturated heterocycles. The number of anilines is 3. The van der Waals surface area contributed by atoms with Gasteiger partial charge in [-0.25, -0.2) is 0 Å². The third kappa shape index (κ3) is 4.10. The number of nitrogens with zero attached hydrogens (tertiary/aromatic N) is 2. The minimum Gasteiger partial charge on any atom is -0.452 e. The second-order valence-electron chi connectivity index (χ2n) is 12.2. The molecule has 3 aromatic heterocycles. The highest BCUT2D eigenvalue weighted by Crippen LogP contribution is 2.42. The lowest BCUT2D eigenvalue weighted by Gasteiger charge is -2.26. The van der Waals surface area contributed by atoms with Crippen LogP contribution in [0, 0.1) is 0 Å². The van der Waals surface area contributed by atoms with Crippen molar-refractivity contribution < 1.29 is 8.83 Å². The number of hydrogen-bond acceptors (Lipinski definition) is 3. The van der Waals surface area contributed by atoms with Crippen molar-refractivity contribution in [1.29, 1.82) is 0 Å². The van der Waals surface area contributed by atoms with Gasteiger partial charge >= 0.3 is 0 Å². The number of fused-ring (bicyclic) bond motifs is 8. The Kier molecular flexibility index (Phi) is 5.84. The van der Waals surface area contributed by atoms with E-state index in [4.69, 9.17) is 8.83 Å². The maximum absolute atomic E-state index is 6.39. The van der Waals surface area contributed by atoms with E-state index in [2.05, 4.69) is 155 Å². The first kappa shape index (κ1) is 26.7. The second kappa shape index (κ2) is 10.5. The molecule has 0 fully saturated rings. The van der Waals surface area contributed by atoms with Gasteiger partial charge < -0.3 is 18.3 Å². The molecule has 7 aromatic carbocycles. The molecule has 0 amide bonds. The molecule has 0 atom stereocenters. The topological polar surface area (TPSA) is 34.5 Å². The van der Waals surface area contributed by atoms with Gasteiger partial charge in [0.1, 0.15) is 11.2 Å². The van der Waals surface area contributed by atoms with Crippen LogP contribution in [0.5, 0.6) is 0 Å². The SMILES string of the molecule is c1ccc(N(c2cccc(-c3ccc4c(c3)oc3c5ccccc5oc43)c2)c2ccc3c(c2)c2ccccc2n3-c2ccccc2)cc1. The Hall–Kier alpha value is -6.52. The summed E-state index contributed by atoms with van der Waals surface area (Å²) in [7, 11) is 0. The number of para-hydroxylation sites is 4. The summed E-state index contributed by atoms with van der Waals surface area (Å²) in [5, 5.41) is 4.42. The first-order chi connectivity index (χ1) is 23.8. The van der Waals surface area contributed by atoms with Crippen LogP contribution in [0.3, 0.4) is 0 Å². The predicted molar refractivity (Wildman–Crippen MR) is 198 cm³/mol. The number of hydrogen-bond donors (Lipinski definition) is 0. The van der Waals surface area contributed by atoms with E-state index in [-0.39, 0.29) is 0 Å². The fourth-order valence-corrected chi connectivity index (χ4v) is 7.19. The lowest BCUT2D eigenvalue weighted by Crippen LogP contribution is -2.09. The van der Waals surface area contributed by atoms with Gasteiger partial charge in [0.2, 0.25) is 0 Å². The largest absolute Gasteiger partial charge is 0.452 e. The van der Waals surface area contributed by atoms with Gasteiger partial charge in [0.15, 0.2) is 11.2 Å². The lowest BCUT2D eigenvalue weighted by atomic mass is 10.0. The first-order valence-electron chi connectivity index (χ1n) is 16.2. The minimum atomic E-state index is 0.797. The number of benzene rings is 7. The van der Waals surface area contributed by atoms with Crippen LogP contribution >= 0.6 is 0 Å². The van der Waals surface area contributed by atoms with Crippen molar-refractivity contribution in [3.05, 3.63) is 170 Å². The molecule has 0 radical (unpaired) electrons. The van der Waals surface area contributed by atoms with Gasteiger partial charge in [0, 0.05) is 33.5 Å². The molecule has 4 heteroatoms. The average Bonchev–Trinajstić information content (AvgIpc) is 3.80. The van der Waals surface area contributed by atoms with E-state index in [0.717, 1.165) is 67.0 Å². The summed E-state index contributed by atoms with van der Waals surface area (Å²) in [6, 6.07) is 59.8. The highest BCUT2D eigenvalue weighted by Gasteiger charge is 2.19. The molecule has 0 aliphatic carbocycles. The standard InChI is InChI=1S/C44H28N2O2/c1-3-13-31(14-4-1)45(34-23-25-40-38(28-34)35-18-7-9-20-39(35)46(40)32-15-5-2-6-16-32)33-17-11-12-29(26-33)30-22-24-37-42(27-30)48-43-36-19-8-10-21-41(36)47-44(37)43/h1-28H. The summed E-state index contributed by atoms with van der Waals surface area (Å²) >= 11 is 0. The molecule has 0 unspecified atom stereocenters. The van der Waals surface area contributed by atoms with Crippen LogP contribution in [-0.2, 0) is 0 Å². The summed E-state index contributed by atoms with van der Waals surface area (Å²) in [5.41, 5.74) is 12.2. The third-order valence-electron chi connectivity index (χ3n) is 9.37. The zero-order valence-corrected chi connectivity index (χ0v) is 25.9. The highest BCUT2D eigenvalue weighted by atomic mass is 16.4. The second-order valence-corrected chi connectivity index (χ2v) is 12.2. The Bertz CT molecular complexity index is 2790. The van der Waals surface area contributed by atoms with Gasteiger partial charge in [0.25, 0.3) is 0 Å². The Balaban J connectivity index is 1.12. The number of rotatable bonds is 5. The maximum Gasteiger partial charge on any atom is 0.181 e. The maximum atomic E-state index is 6.39. The number of aromatic nitrogens is 1. The van der Waals surface area contributed by atoms with Gasteiger partial charge in [0.05, 0.1) is 21.8 Å². The lowest BCUT2D eigenvalue weighted by molar-refractivity contribution is 0.653. The van der Waals surface area contributed by atoms with Crippen LogP contribution in [0.25, 0.3) is 71.7 Å². The van der Waals surface area contributed by atoms with E-state index >= 15 is 0 Å². The molecular formula is C44H28N2O2. The molecule has 3 heterocycles. The van der Waals surface area contributed by atoms with Crippen molar-refractivity contribution in [1.82, 2.24) is 4.57 Å². The summed E-state index contributed by atoms with van der Waals surface area (Å²) < 4.78 is 14.9. The molecule has 0 aliphatic rings. The first-order valence-corrected chi connectivity index (χ1v) is 16.2. The molecule has 226 valence electrons.